The van der Waals surface area contributed by atoms with Gasteiger partial charge in [0.1, 0.15) is 0 Å². The van der Waals surface area contributed by atoms with Crippen LogP contribution in [-0.4, -0.2) is 25.2 Å². The van der Waals surface area contributed by atoms with E-state index >= 15 is 0 Å². The third-order valence-electron chi connectivity index (χ3n) is 3.40. The molecule has 0 heterocycles. The molecule has 1 aliphatic carbocycles. The van der Waals surface area contributed by atoms with Gasteiger partial charge in [0.15, 0.2) is 0 Å². The van der Waals surface area contributed by atoms with Crippen LogP contribution in [0.1, 0.15) is 46.0 Å². The zero-order chi connectivity index (χ0) is 12.0. The van der Waals surface area contributed by atoms with Gasteiger partial charge in [0.05, 0.1) is 7.11 Å². The molecule has 0 aliphatic heterocycles. The summed E-state index contributed by atoms with van der Waals surface area (Å²) in [5, 5.41) is 3.52. The normalized spacial score (nSPS) is 20.6. The molecular weight excluding hydrogens is 202 g/mol. The molecule has 1 aliphatic rings. The Morgan fingerprint density at radius 3 is 2.56 bits per heavy atom. The minimum atomic E-state index is -0.240. The molecule has 0 aromatic heterocycles. The maximum absolute atomic E-state index is 11.2. The lowest BCUT2D eigenvalue weighted by Crippen LogP contribution is -2.43. The maximum atomic E-state index is 11.2. The molecule has 0 aromatic carbocycles. The number of carbonyl (C=O) groups excluding carboxylic acids is 1. The predicted octanol–water partition coefficient (Wildman–Crippen LogP) is 2.42. The first-order chi connectivity index (χ1) is 7.57. The van der Waals surface area contributed by atoms with E-state index < -0.39 is 0 Å². The van der Waals surface area contributed by atoms with E-state index in [0.29, 0.717) is 5.57 Å². The van der Waals surface area contributed by atoms with Crippen LogP contribution in [0.2, 0.25) is 0 Å². The van der Waals surface area contributed by atoms with Gasteiger partial charge in [-0.2, -0.15) is 0 Å². The van der Waals surface area contributed by atoms with Crippen LogP contribution >= 0.6 is 0 Å². The van der Waals surface area contributed by atoms with Crippen molar-refractivity contribution in [1.82, 2.24) is 5.32 Å². The maximum Gasteiger partial charge on any atom is 0.333 e. The summed E-state index contributed by atoms with van der Waals surface area (Å²) in [6.07, 6.45) is 8.35. The number of carbonyl (C=O) groups is 1. The molecule has 0 saturated heterocycles. The van der Waals surface area contributed by atoms with E-state index in [2.05, 4.69) is 17.0 Å². The summed E-state index contributed by atoms with van der Waals surface area (Å²) in [7, 11) is 1.41. The summed E-state index contributed by atoms with van der Waals surface area (Å²) in [5.41, 5.74) is 0.930. The largest absolute Gasteiger partial charge is 0.466 e. The average Bonchev–Trinajstić information content (AvgIpc) is 2.28. The van der Waals surface area contributed by atoms with Crippen LogP contribution in [0.5, 0.6) is 0 Å². The zero-order valence-electron chi connectivity index (χ0n) is 10.6. The van der Waals surface area contributed by atoms with Crippen molar-refractivity contribution in [2.24, 2.45) is 0 Å². The lowest BCUT2D eigenvalue weighted by Gasteiger charge is -2.34. The Bertz CT molecular complexity index is 265. The molecule has 0 unspecified atom stereocenters. The standard InChI is InChI=1S/C13H23NO2/c1-11(12(15)16-3)7-10-14-13(2)8-5-4-6-9-13/h7,14H,4-6,8-10H2,1-3H3. The predicted molar refractivity (Wildman–Crippen MR) is 65.3 cm³/mol. The quantitative estimate of drug-likeness (QED) is 0.590. The Hall–Kier alpha value is -0.830. The van der Waals surface area contributed by atoms with Gasteiger partial charge in [-0.05, 0) is 26.7 Å². The first-order valence-corrected chi connectivity index (χ1v) is 6.07. The van der Waals surface area contributed by atoms with E-state index in [1.54, 1.807) is 6.92 Å². The van der Waals surface area contributed by atoms with E-state index in [9.17, 15) is 4.79 Å². The Labute approximate surface area is 98.2 Å². The molecule has 1 saturated carbocycles. The van der Waals surface area contributed by atoms with Crippen LogP contribution in [-0.2, 0) is 9.53 Å². The molecule has 0 atom stereocenters. The van der Waals surface area contributed by atoms with Gasteiger partial charge in [-0.15, -0.1) is 0 Å². The van der Waals surface area contributed by atoms with Gasteiger partial charge in [0.2, 0.25) is 0 Å². The van der Waals surface area contributed by atoms with Crippen LogP contribution in [0, 0.1) is 0 Å². The second kappa shape index (κ2) is 6.04. The van der Waals surface area contributed by atoms with E-state index in [1.807, 2.05) is 6.08 Å². The summed E-state index contributed by atoms with van der Waals surface area (Å²) in [5.74, 6) is -0.240. The fourth-order valence-electron chi connectivity index (χ4n) is 2.20. The molecule has 0 amide bonds. The second-order valence-electron chi connectivity index (χ2n) is 4.88. The van der Waals surface area contributed by atoms with Crippen LogP contribution in [0.3, 0.4) is 0 Å². The van der Waals surface area contributed by atoms with Crippen LogP contribution in [0.4, 0.5) is 0 Å². The van der Waals surface area contributed by atoms with Gasteiger partial charge in [-0.3, -0.25) is 0 Å². The molecule has 1 N–H and O–H groups in total. The fourth-order valence-corrected chi connectivity index (χ4v) is 2.20. The smallest absolute Gasteiger partial charge is 0.333 e. The van der Waals surface area contributed by atoms with Gasteiger partial charge in [0.25, 0.3) is 0 Å². The lowest BCUT2D eigenvalue weighted by molar-refractivity contribution is -0.136. The first-order valence-electron chi connectivity index (χ1n) is 6.07. The topological polar surface area (TPSA) is 38.3 Å². The second-order valence-corrected chi connectivity index (χ2v) is 4.88. The molecule has 0 bridgehead atoms. The van der Waals surface area contributed by atoms with Crippen molar-refractivity contribution < 1.29 is 9.53 Å². The highest BCUT2D eigenvalue weighted by atomic mass is 16.5. The first kappa shape index (κ1) is 13.2. The van der Waals surface area contributed by atoms with Gasteiger partial charge < -0.3 is 10.1 Å². The van der Waals surface area contributed by atoms with Crippen molar-refractivity contribution in [2.45, 2.75) is 51.5 Å². The van der Waals surface area contributed by atoms with Crippen molar-refractivity contribution in [2.75, 3.05) is 13.7 Å². The van der Waals surface area contributed by atoms with E-state index in [4.69, 9.17) is 0 Å². The van der Waals surface area contributed by atoms with Gasteiger partial charge >= 0.3 is 5.97 Å². The SMILES string of the molecule is COC(=O)C(C)=CCNC1(C)CCCCC1. The Kier molecular flexibility index (Phi) is 5.00. The minimum absolute atomic E-state index is 0.240. The average molecular weight is 225 g/mol. The third kappa shape index (κ3) is 3.97. The van der Waals surface area contributed by atoms with Crippen molar-refractivity contribution in [1.29, 1.82) is 0 Å². The fraction of sp³-hybridized carbons (Fsp3) is 0.769. The molecule has 1 fully saturated rings. The highest BCUT2D eigenvalue weighted by Crippen LogP contribution is 2.27. The summed E-state index contributed by atoms with van der Waals surface area (Å²) < 4.78 is 4.64. The number of hydrogen-bond donors (Lipinski definition) is 1. The van der Waals surface area contributed by atoms with Crippen molar-refractivity contribution in [3.05, 3.63) is 11.6 Å². The summed E-state index contributed by atoms with van der Waals surface area (Å²) in [6, 6.07) is 0. The highest BCUT2D eigenvalue weighted by Gasteiger charge is 2.25. The molecule has 3 nitrogen and oxygen atoms in total. The molecule has 1 rings (SSSR count). The van der Waals surface area contributed by atoms with E-state index in [0.717, 1.165) is 6.54 Å². The number of esters is 1. The summed E-state index contributed by atoms with van der Waals surface area (Å²) >= 11 is 0. The van der Waals surface area contributed by atoms with Crippen LogP contribution < -0.4 is 5.32 Å². The Morgan fingerprint density at radius 1 is 1.38 bits per heavy atom. The van der Waals surface area contributed by atoms with Crippen LogP contribution in [0.25, 0.3) is 0 Å². The number of ether oxygens (including phenoxy) is 1. The number of rotatable bonds is 4. The van der Waals surface area contributed by atoms with Crippen molar-refractivity contribution >= 4 is 5.97 Å². The van der Waals surface area contributed by atoms with E-state index in [-0.39, 0.29) is 11.5 Å². The summed E-state index contributed by atoms with van der Waals surface area (Å²) in [6.45, 7) is 4.81. The molecule has 3 heteroatoms. The number of hydrogen-bond acceptors (Lipinski definition) is 3. The highest BCUT2D eigenvalue weighted by molar-refractivity contribution is 5.87. The van der Waals surface area contributed by atoms with Gasteiger partial charge in [-0.25, -0.2) is 4.79 Å². The molecule has 0 radical (unpaired) electrons. The molecule has 0 aromatic rings. The van der Waals surface area contributed by atoms with Gasteiger partial charge in [0, 0.05) is 17.7 Å². The molecule has 16 heavy (non-hydrogen) atoms. The number of methoxy groups -OCH3 is 1. The molecule has 0 spiro atoms. The van der Waals surface area contributed by atoms with E-state index in [1.165, 1.54) is 39.2 Å². The third-order valence-corrected chi connectivity index (χ3v) is 3.40. The van der Waals surface area contributed by atoms with Crippen molar-refractivity contribution in [3.8, 4) is 0 Å². The lowest BCUT2D eigenvalue weighted by atomic mass is 9.83. The molecule has 92 valence electrons. The number of nitrogens with one attached hydrogen (secondary N) is 1. The Balaban J connectivity index is 2.36. The monoisotopic (exact) mass is 225 g/mol. The van der Waals surface area contributed by atoms with Crippen LogP contribution in [0.15, 0.2) is 11.6 Å². The van der Waals surface area contributed by atoms with Gasteiger partial charge in [-0.1, -0.05) is 25.3 Å². The zero-order valence-corrected chi connectivity index (χ0v) is 10.6. The summed E-state index contributed by atoms with van der Waals surface area (Å²) in [4.78, 5) is 11.2. The molecular formula is C13H23NO2. The minimum Gasteiger partial charge on any atom is -0.466 e. The van der Waals surface area contributed by atoms with Crippen molar-refractivity contribution in [3.63, 3.8) is 0 Å². The Morgan fingerprint density at radius 2 is 2.00 bits per heavy atom.